The third kappa shape index (κ3) is 3.08. The van der Waals surface area contributed by atoms with Crippen LogP contribution in [0.25, 0.3) is 0 Å². The standard InChI is InChI=1S/C12H15Cl2NO3/c13-7-3-9-11(15-5-8(17)6-16)1-2-18-12(9)10(14)4-7/h3-4,8,11,15-17H,1-2,5-6H2. The van der Waals surface area contributed by atoms with Gasteiger partial charge in [-0.05, 0) is 12.1 Å². The molecule has 0 saturated heterocycles. The van der Waals surface area contributed by atoms with Crippen molar-refractivity contribution in [3.8, 4) is 5.75 Å². The van der Waals surface area contributed by atoms with Gasteiger partial charge in [-0.15, -0.1) is 0 Å². The fraction of sp³-hybridized carbons (Fsp3) is 0.500. The Morgan fingerprint density at radius 2 is 2.22 bits per heavy atom. The van der Waals surface area contributed by atoms with Crippen LogP contribution in [0.5, 0.6) is 5.75 Å². The molecule has 6 heteroatoms. The van der Waals surface area contributed by atoms with Crippen LogP contribution in [0.2, 0.25) is 10.0 Å². The van der Waals surface area contributed by atoms with E-state index in [1.54, 1.807) is 6.07 Å². The molecule has 2 atom stereocenters. The van der Waals surface area contributed by atoms with Crippen molar-refractivity contribution in [1.82, 2.24) is 5.32 Å². The summed E-state index contributed by atoms with van der Waals surface area (Å²) in [5, 5.41) is 22.4. The van der Waals surface area contributed by atoms with E-state index in [4.69, 9.17) is 33.0 Å². The number of nitrogens with one attached hydrogen (secondary N) is 1. The summed E-state index contributed by atoms with van der Waals surface area (Å²) in [5.41, 5.74) is 0.892. The van der Waals surface area contributed by atoms with E-state index in [-0.39, 0.29) is 12.6 Å². The maximum absolute atomic E-state index is 9.35. The van der Waals surface area contributed by atoms with Gasteiger partial charge in [0, 0.05) is 29.6 Å². The SMILES string of the molecule is OCC(O)CNC1CCOc2c(Cl)cc(Cl)cc21. The summed E-state index contributed by atoms with van der Waals surface area (Å²) in [7, 11) is 0. The van der Waals surface area contributed by atoms with Gasteiger partial charge in [-0.3, -0.25) is 0 Å². The van der Waals surface area contributed by atoms with Crippen LogP contribution in [0.15, 0.2) is 12.1 Å². The fourth-order valence-electron chi connectivity index (χ4n) is 1.98. The number of aliphatic hydroxyl groups is 2. The van der Waals surface area contributed by atoms with Gasteiger partial charge < -0.3 is 20.3 Å². The first-order valence-electron chi connectivity index (χ1n) is 5.76. The maximum atomic E-state index is 9.35. The molecule has 2 unspecified atom stereocenters. The van der Waals surface area contributed by atoms with E-state index in [2.05, 4.69) is 5.32 Å². The molecule has 1 heterocycles. The van der Waals surface area contributed by atoms with E-state index >= 15 is 0 Å². The number of ether oxygens (including phenoxy) is 1. The van der Waals surface area contributed by atoms with Gasteiger partial charge in [0.15, 0.2) is 0 Å². The van der Waals surface area contributed by atoms with Crippen molar-refractivity contribution in [2.45, 2.75) is 18.6 Å². The lowest BCUT2D eigenvalue weighted by atomic mass is 10.0. The molecule has 0 aromatic heterocycles. The summed E-state index contributed by atoms with van der Waals surface area (Å²) in [6, 6.07) is 3.48. The van der Waals surface area contributed by atoms with Crippen LogP contribution in [0.4, 0.5) is 0 Å². The zero-order chi connectivity index (χ0) is 13.1. The lowest BCUT2D eigenvalue weighted by Crippen LogP contribution is -2.34. The van der Waals surface area contributed by atoms with Gasteiger partial charge in [-0.1, -0.05) is 23.2 Å². The zero-order valence-corrected chi connectivity index (χ0v) is 11.2. The Labute approximate surface area is 115 Å². The monoisotopic (exact) mass is 291 g/mol. The highest BCUT2D eigenvalue weighted by molar-refractivity contribution is 6.35. The van der Waals surface area contributed by atoms with E-state index in [9.17, 15) is 5.11 Å². The Morgan fingerprint density at radius 1 is 1.44 bits per heavy atom. The second-order valence-electron chi connectivity index (χ2n) is 4.24. The van der Waals surface area contributed by atoms with E-state index in [0.29, 0.717) is 28.9 Å². The smallest absolute Gasteiger partial charge is 0.142 e. The first-order chi connectivity index (χ1) is 8.61. The van der Waals surface area contributed by atoms with Crippen LogP contribution >= 0.6 is 23.2 Å². The Bertz CT molecular complexity index is 428. The molecule has 1 aliphatic heterocycles. The summed E-state index contributed by atoms with van der Waals surface area (Å²) < 4.78 is 5.53. The highest BCUT2D eigenvalue weighted by Crippen LogP contribution is 2.39. The molecule has 0 radical (unpaired) electrons. The van der Waals surface area contributed by atoms with Crippen molar-refractivity contribution in [3.05, 3.63) is 27.7 Å². The van der Waals surface area contributed by atoms with Gasteiger partial charge in [-0.25, -0.2) is 0 Å². The predicted octanol–water partition coefficient (Wildman–Crippen LogP) is 1.76. The van der Waals surface area contributed by atoms with Crippen molar-refractivity contribution < 1.29 is 14.9 Å². The van der Waals surface area contributed by atoms with Crippen LogP contribution in [-0.4, -0.2) is 36.1 Å². The van der Waals surface area contributed by atoms with Crippen molar-refractivity contribution >= 4 is 23.2 Å². The summed E-state index contributed by atoms with van der Waals surface area (Å²) in [5.74, 6) is 0.642. The van der Waals surface area contributed by atoms with Gasteiger partial charge in [0.25, 0.3) is 0 Å². The molecule has 0 saturated carbocycles. The van der Waals surface area contributed by atoms with Crippen LogP contribution in [0.1, 0.15) is 18.0 Å². The molecule has 18 heavy (non-hydrogen) atoms. The molecule has 1 aliphatic rings. The second-order valence-corrected chi connectivity index (χ2v) is 5.08. The molecule has 0 fully saturated rings. The van der Waals surface area contributed by atoms with Crippen LogP contribution in [-0.2, 0) is 0 Å². The minimum Gasteiger partial charge on any atom is -0.492 e. The quantitative estimate of drug-likeness (QED) is 0.791. The minimum atomic E-state index is -0.772. The molecule has 3 N–H and O–H groups in total. The normalized spacial score (nSPS) is 20.1. The number of aliphatic hydroxyl groups excluding tert-OH is 2. The van der Waals surface area contributed by atoms with Gasteiger partial charge >= 0.3 is 0 Å². The average Bonchev–Trinajstić information content (AvgIpc) is 2.36. The highest BCUT2D eigenvalue weighted by Gasteiger charge is 2.24. The largest absolute Gasteiger partial charge is 0.492 e. The molecular weight excluding hydrogens is 277 g/mol. The molecule has 100 valence electrons. The van der Waals surface area contributed by atoms with Crippen molar-refractivity contribution in [2.24, 2.45) is 0 Å². The Kier molecular flexibility index (Phi) is 4.70. The molecule has 1 aromatic carbocycles. The number of fused-ring (bicyclic) bond motifs is 1. The number of rotatable bonds is 4. The summed E-state index contributed by atoms with van der Waals surface area (Å²) in [4.78, 5) is 0. The van der Waals surface area contributed by atoms with E-state index < -0.39 is 6.10 Å². The molecule has 0 aliphatic carbocycles. The van der Waals surface area contributed by atoms with Crippen LogP contribution in [0, 0.1) is 0 Å². The first-order valence-corrected chi connectivity index (χ1v) is 6.51. The zero-order valence-electron chi connectivity index (χ0n) is 9.70. The van der Waals surface area contributed by atoms with Crippen molar-refractivity contribution in [1.29, 1.82) is 0 Å². The number of benzene rings is 1. The lowest BCUT2D eigenvalue weighted by molar-refractivity contribution is 0.0898. The van der Waals surface area contributed by atoms with E-state index in [1.165, 1.54) is 0 Å². The minimum absolute atomic E-state index is 0.0196. The maximum Gasteiger partial charge on any atom is 0.142 e. The van der Waals surface area contributed by atoms with E-state index in [1.807, 2.05) is 6.07 Å². The third-order valence-electron chi connectivity index (χ3n) is 2.88. The molecule has 0 bridgehead atoms. The summed E-state index contributed by atoms with van der Waals surface area (Å²) in [6.07, 6.45) is -0.00657. The molecule has 0 spiro atoms. The van der Waals surface area contributed by atoms with Crippen LogP contribution in [0.3, 0.4) is 0 Å². The first kappa shape index (κ1) is 13.9. The number of halogens is 2. The fourth-order valence-corrected chi connectivity index (χ4v) is 2.54. The third-order valence-corrected chi connectivity index (χ3v) is 3.38. The summed E-state index contributed by atoms with van der Waals surface area (Å²) in [6.45, 7) is 0.603. The molecule has 1 aromatic rings. The predicted molar refractivity (Wildman–Crippen MR) is 70.4 cm³/mol. The topological polar surface area (TPSA) is 61.7 Å². The number of hydrogen-bond acceptors (Lipinski definition) is 4. The lowest BCUT2D eigenvalue weighted by Gasteiger charge is -2.28. The molecule has 2 rings (SSSR count). The number of hydrogen-bond donors (Lipinski definition) is 3. The van der Waals surface area contributed by atoms with Gasteiger partial charge in [0.2, 0.25) is 0 Å². The Hall–Kier alpha value is -0.520. The van der Waals surface area contributed by atoms with Crippen molar-refractivity contribution in [3.63, 3.8) is 0 Å². The van der Waals surface area contributed by atoms with Crippen molar-refractivity contribution in [2.75, 3.05) is 19.8 Å². The Balaban J connectivity index is 2.17. The molecule has 0 amide bonds. The van der Waals surface area contributed by atoms with Gasteiger partial charge in [0.1, 0.15) is 5.75 Å². The Morgan fingerprint density at radius 3 is 2.94 bits per heavy atom. The molecular formula is C12H15Cl2NO3. The van der Waals surface area contributed by atoms with Gasteiger partial charge in [-0.2, -0.15) is 0 Å². The highest BCUT2D eigenvalue weighted by atomic mass is 35.5. The van der Waals surface area contributed by atoms with E-state index in [0.717, 1.165) is 12.0 Å². The van der Waals surface area contributed by atoms with Gasteiger partial charge in [0.05, 0.1) is 24.3 Å². The second kappa shape index (κ2) is 6.08. The van der Waals surface area contributed by atoms with Crippen LogP contribution < -0.4 is 10.1 Å². The molecule has 4 nitrogen and oxygen atoms in total. The average molecular weight is 292 g/mol. The summed E-state index contributed by atoms with van der Waals surface area (Å²) >= 11 is 12.1.